The number of rotatable bonds is 2. The molecule has 78 valence electrons. The molecule has 0 radical (unpaired) electrons. The fourth-order valence-electron chi connectivity index (χ4n) is 1.87. The highest BCUT2D eigenvalue weighted by atomic mass is 14.7. The van der Waals surface area contributed by atoms with E-state index >= 15 is 0 Å². The minimum atomic E-state index is 0.666. The Labute approximate surface area is 91.2 Å². The maximum Gasteiger partial charge on any atom is 0.0734 e. The van der Waals surface area contributed by atoms with Crippen molar-refractivity contribution in [2.75, 3.05) is 0 Å². The average molecular weight is 199 g/mol. The summed E-state index contributed by atoms with van der Waals surface area (Å²) in [5.41, 5.74) is 3.61. The molecule has 0 saturated heterocycles. The summed E-state index contributed by atoms with van der Waals surface area (Å²) in [5, 5.41) is 1.24. The van der Waals surface area contributed by atoms with E-state index in [-0.39, 0.29) is 0 Å². The molecule has 2 rings (SSSR count). The summed E-state index contributed by atoms with van der Waals surface area (Å²) >= 11 is 0. The van der Waals surface area contributed by atoms with Crippen LogP contribution in [0.2, 0.25) is 0 Å². The minimum Gasteiger partial charge on any atom is -0.253 e. The Kier molecular flexibility index (Phi) is 2.72. The molecular formula is C14H17N. The molecule has 0 N–H and O–H groups in total. The second-order valence-electron chi connectivity index (χ2n) is 4.55. The summed E-state index contributed by atoms with van der Waals surface area (Å²) in [4.78, 5) is 4.71. The molecule has 1 nitrogen and oxygen atoms in total. The molecule has 0 unspecified atom stereocenters. The van der Waals surface area contributed by atoms with Crippen LogP contribution < -0.4 is 0 Å². The third-order valence-corrected chi connectivity index (χ3v) is 2.60. The quantitative estimate of drug-likeness (QED) is 0.718. The number of pyridine rings is 1. The maximum atomic E-state index is 4.71. The molecule has 2 aromatic rings. The van der Waals surface area contributed by atoms with E-state index in [2.05, 4.69) is 51.1 Å². The standard InChI is InChI=1S/C14H17N/c1-10(2)9-13-8-7-12-6-4-5-11(3)14(12)15-13/h4-8,10H,9H2,1-3H3. The van der Waals surface area contributed by atoms with Crippen molar-refractivity contribution in [3.8, 4) is 0 Å². The SMILES string of the molecule is Cc1cccc2ccc(CC(C)C)nc12. The van der Waals surface area contributed by atoms with Crippen molar-refractivity contribution in [3.05, 3.63) is 41.6 Å². The summed E-state index contributed by atoms with van der Waals surface area (Å²) in [5.74, 6) is 0.666. The molecule has 1 heteroatoms. The Bertz CT molecular complexity index is 472. The van der Waals surface area contributed by atoms with Crippen LogP contribution in [0.1, 0.15) is 25.1 Å². The smallest absolute Gasteiger partial charge is 0.0734 e. The number of hydrogen-bond acceptors (Lipinski definition) is 1. The van der Waals surface area contributed by atoms with Crippen molar-refractivity contribution in [3.63, 3.8) is 0 Å². The van der Waals surface area contributed by atoms with E-state index < -0.39 is 0 Å². The van der Waals surface area contributed by atoms with Crippen LogP contribution in [0.4, 0.5) is 0 Å². The van der Waals surface area contributed by atoms with Gasteiger partial charge in [-0.15, -0.1) is 0 Å². The van der Waals surface area contributed by atoms with Crippen molar-refractivity contribution in [2.45, 2.75) is 27.2 Å². The minimum absolute atomic E-state index is 0.666. The van der Waals surface area contributed by atoms with E-state index in [9.17, 15) is 0 Å². The molecule has 1 aromatic heterocycles. The van der Waals surface area contributed by atoms with Gasteiger partial charge in [0.1, 0.15) is 0 Å². The largest absolute Gasteiger partial charge is 0.253 e. The van der Waals surface area contributed by atoms with Gasteiger partial charge in [0.15, 0.2) is 0 Å². The van der Waals surface area contributed by atoms with Gasteiger partial charge in [-0.05, 0) is 30.9 Å². The lowest BCUT2D eigenvalue weighted by molar-refractivity contribution is 0.637. The zero-order valence-corrected chi connectivity index (χ0v) is 9.62. The lowest BCUT2D eigenvalue weighted by atomic mass is 10.1. The predicted octanol–water partition coefficient (Wildman–Crippen LogP) is 3.74. The van der Waals surface area contributed by atoms with E-state index in [0.29, 0.717) is 5.92 Å². The summed E-state index contributed by atoms with van der Waals surface area (Å²) in [6, 6.07) is 10.6. The second-order valence-corrected chi connectivity index (χ2v) is 4.55. The third-order valence-electron chi connectivity index (χ3n) is 2.60. The first-order chi connectivity index (χ1) is 7.16. The number of para-hydroxylation sites is 1. The number of fused-ring (bicyclic) bond motifs is 1. The molecule has 0 bridgehead atoms. The van der Waals surface area contributed by atoms with Gasteiger partial charge in [-0.2, -0.15) is 0 Å². The van der Waals surface area contributed by atoms with E-state index in [1.165, 1.54) is 16.6 Å². The molecular weight excluding hydrogens is 182 g/mol. The fourth-order valence-corrected chi connectivity index (χ4v) is 1.87. The van der Waals surface area contributed by atoms with Gasteiger partial charge in [0.2, 0.25) is 0 Å². The molecule has 0 aliphatic heterocycles. The molecule has 0 fully saturated rings. The van der Waals surface area contributed by atoms with Crippen molar-refractivity contribution in [1.29, 1.82) is 0 Å². The van der Waals surface area contributed by atoms with Crippen LogP contribution in [-0.4, -0.2) is 4.98 Å². The summed E-state index contributed by atoms with van der Waals surface area (Å²) in [6.45, 7) is 6.57. The number of aromatic nitrogens is 1. The molecule has 1 heterocycles. The number of benzene rings is 1. The highest BCUT2D eigenvalue weighted by Gasteiger charge is 2.02. The van der Waals surface area contributed by atoms with Crippen molar-refractivity contribution in [1.82, 2.24) is 4.98 Å². The highest BCUT2D eigenvalue weighted by Crippen LogP contribution is 2.17. The second kappa shape index (κ2) is 4.01. The van der Waals surface area contributed by atoms with Gasteiger partial charge in [0, 0.05) is 11.1 Å². The lowest BCUT2D eigenvalue weighted by Gasteiger charge is -2.06. The van der Waals surface area contributed by atoms with E-state index in [0.717, 1.165) is 11.9 Å². The highest BCUT2D eigenvalue weighted by molar-refractivity contribution is 5.81. The first-order valence-corrected chi connectivity index (χ1v) is 5.52. The molecule has 0 atom stereocenters. The van der Waals surface area contributed by atoms with Gasteiger partial charge in [-0.3, -0.25) is 4.98 Å². The van der Waals surface area contributed by atoms with E-state index in [4.69, 9.17) is 4.98 Å². The fraction of sp³-hybridized carbons (Fsp3) is 0.357. The van der Waals surface area contributed by atoms with Gasteiger partial charge >= 0.3 is 0 Å². The Morgan fingerprint density at radius 2 is 1.93 bits per heavy atom. The number of nitrogens with zero attached hydrogens (tertiary/aromatic N) is 1. The number of hydrogen-bond donors (Lipinski definition) is 0. The van der Waals surface area contributed by atoms with Crippen LogP contribution in [0.5, 0.6) is 0 Å². The van der Waals surface area contributed by atoms with Crippen molar-refractivity contribution >= 4 is 10.9 Å². The van der Waals surface area contributed by atoms with Gasteiger partial charge in [-0.25, -0.2) is 0 Å². The van der Waals surface area contributed by atoms with Gasteiger partial charge in [0.05, 0.1) is 5.52 Å². The first-order valence-electron chi connectivity index (χ1n) is 5.52. The molecule has 0 saturated carbocycles. The topological polar surface area (TPSA) is 12.9 Å². The van der Waals surface area contributed by atoms with Crippen LogP contribution in [0.25, 0.3) is 10.9 Å². The normalized spacial score (nSPS) is 11.2. The first kappa shape index (κ1) is 10.2. The molecule has 0 aliphatic rings. The van der Waals surface area contributed by atoms with Crippen LogP contribution >= 0.6 is 0 Å². The Morgan fingerprint density at radius 3 is 2.67 bits per heavy atom. The maximum absolute atomic E-state index is 4.71. The summed E-state index contributed by atoms with van der Waals surface area (Å²) < 4.78 is 0. The van der Waals surface area contributed by atoms with Crippen LogP contribution in [-0.2, 0) is 6.42 Å². The van der Waals surface area contributed by atoms with Crippen LogP contribution in [0.15, 0.2) is 30.3 Å². The Balaban J connectivity index is 2.50. The van der Waals surface area contributed by atoms with Crippen molar-refractivity contribution in [2.24, 2.45) is 5.92 Å². The predicted molar refractivity (Wildman–Crippen MR) is 65.0 cm³/mol. The van der Waals surface area contributed by atoms with Gasteiger partial charge in [0.25, 0.3) is 0 Å². The van der Waals surface area contributed by atoms with Crippen molar-refractivity contribution < 1.29 is 0 Å². The zero-order valence-electron chi connectivity index (χ0n) is 9.62. The number of aryl methyl sites for hydroxylation is 1. The molecule has 0 aliphatic carbocycles. The van der Waals surface area contributed by atoms with Crippen LogP contribution in [0.3, 0.4) is 0 Å². The molecule has 1 aromatic carbocycles. The van der Waals surface area contributed by atoms with E-state index in [1.54, 1.807) is 0 Å². The zero-order chi connectivity index (χ0) is 10.8. The van der Waals surface area contributed by atoms with Gasteiger partial charge < -0.3 is 0 Å². The summed E-state index contributed by atoms with van der Waals surface area (Å²) in [7, 11) is 0. The molecule has 0 spiro atoms. The Morgan fingerprint density at radius 1 is 1.13 bits per heavy atom. The van der Waals surface area contributed by atoms with E-state index in [1.807, 2.05) is 0 Å². The Hall–Kier alpha value is -1.37. The molecule has 15 heavy (non-hydrogen) atoms. The monoisotopic (exact) mass is 199 g/mol. The third kappa shape index (κ3) is 2.17. The summed E-state index contributed by atoms with van der Waals surface area (Å²) in [6.07, 6.45) is 1.06. The average Bonchev–Trinajstić information content (AvgIpc) is 2.18. The molecule has 0 amide bonds. The lowest BCUT2D eigenvalue weighted by Crippen LogP contribution is -1.97. The van der Waals surface area contributed by atoms with Gasteiger partial charge in [-0.1, -0.05) is 38.1 Å². The van der Waals surface area contributed by atoms with Crippen LogP contribution in [0, 0.1) is 12.8 Å².